The number of hydrogen-bond donors (Lipinski definition) is 1. The number of aryl methyl sites for hydroxylation is 1. The molecule has 86 valence electrons. The zero-order valence-electron chi connectivity index (χ0n) is 9.14. The minimum atomic E-state index is -1.27. The number of halogens is 1. The lowest BCUT2D eigenvalue weighted by molar-refractivity contribution is 0.0692. The number of carbonyl (C=O) groups is 1. The lowest BCUT2D eigenvalue weighted by atomic mass is 10.0. The molecule has 0 saturated carbocycles. The Morgan fingerprint density at radius 2 is 2.00 bits per heavy atom. The van der Waals surface area contributed by atoms with Gasteiger partial charge in [-0.1, -0.05) is 6.07 Å². The highest BCUT2D eigenvalue weighted by Crippen LogP contribution is 2.22. The van der Waals surface area contributed by atoms with E-state index in [2.05, 4.69) is 4.98 Å². The predicted octanol–water partition coefficient (Wildman–Crippen LogP) is 2.89. The van der Waals surface area contributed by atoms with E-state index in [1.165, 1.54) is 12.1 Å². The lowest BCUT2D eigenvalue weighted by Crippen LogP contribution is -2.00. The smallest absolute Gasteiger partial charge is 0.338 e. The van der Waals surface area contributed by atoms with E-state index in [0.717, 1.165) is 17.2 Å². The molecule has 0 fully saturated rings. The van der Waals surface area contributed by atoms with Crippen LogP contribution in [0.15, 0.2) is 36.7 Å². The third kappa shape index (κ3) is 2.30. The normalized spacial score (nSPS) is 10.2. The van der Waals surface area contributed by atoms with Crippen LogP contribution in [0.1, 0.15) is 15.9 Å². The van der Waals surface area contributed by atoms with Crippen molar-refractivity contribution in [2.45, 2.75) is 6.92 Å². The first-order chi connectivity index (χ1) is 8.08. The molecule has 1 N–H and O–H groups in total. The second kappa shape index (κ2) is 4.33. The van der Waals surface area contributed by atoms with E-state index in [0.29, 0.717) is 5.56 Å². The first kappa shape index (κ1) is 11.3. The van der Waals surface area contributed by atoms with Crippen molar-refractivity contribution >= 4 is 5.97 Å². The molecule has 0 bridgehead atoms. The van der Waals surface area contributed by atoms with Crippen LogP contribution in [0.2, 0.25) is 0 Å². The summed E-state index contributed by atoms with van der Waals surface area (Å²) in [5.41, 5.74) is 2.04. The average Bonchev–Trinajstić information content (AvgIpc) is 2.29. The predicted molar refractivity (Wildman–Crippen MR) is 61.3 cm³/mol. The van der Waals surface area contributed by atoms with Crippen LogP contribution in [0.25, 0.3) is 11.1 Å². The third-order valence-electron chi connectivity index (χ3n) is 2.41. The summed E-state index contributed by atoms with van der Waals surface area (Å²) < 4.78 is 13.2. The number of aromatic carboxylic acids is 1. The van der Waals surface area contributed by atoms with E-state index >= 15 is 0 Å². The van der Waals surface area contributed by atoms with Gasteiger partial charge in [0.25, 0.3) is 0 Å². The number of aromatic nitrogens is 1. The van der Waals surface area contributed by atoms with Gasteiger partial charge in [0, 0.05) is 18.0 Å². The zero-order chi connectivity index (χ0) is 12.4. The molecule has 2 rings (SSSR count). The van der Waals surface area contributed by atoms with Crippen LogP contribution in [0.3, 0.4) is 0 Å². The summed E-state index contributed by atoms with van der Waals surface area (Å²) in [6.07, 6.45) is 3.32. The molecule has 3 nitrogen and oxygen atoms in total. The highest BCUT2D eigenvalue weighted by atomic mass is 19.1. The molecular weight excluding hydrogens is 221 g/mol. The van der Waals surface area contributed by atoms with Crippen LogP contribution in [0.5, 0.6) is 0 Å². The van der Waals surface area contributed by atoms with Gasteiger partial charge in [0.05, 0.1) is 5.56 Å². The summed E-state index contributed by atoms with van der Waals surface area (Å²) in [4.78, 5) is 14.8. The van der Waals surface area contributed by atoms with Crippen molar-refractivity contribution in [3.8, 4) is 11.1 Å². The Hall–Kier alpha value is -2.23. The topological polar surface area (TPSA) is 50.2 Å². The van der Waals surface area contributed by atoms with Gasteiger partial charge < -0.3 is 5.11 Å². The van der Waals surface area contributed by atoms with E-state index in [4.69, 9.17) is 5.11 Å². The standard InChI is InChI=1S/C13H10FNO2/c1-8-4-10(7-15-6-8)9-2-3-12(14)11(5-9)13(16)17/h2-7H,1H3,(H,16,17). The van der Waals surface area contributed by atoms with E-state index in [1.54, 1.807) is 12.4 Å². The number of hydrogen-bond acceptors (Lipinski definition) is 2. The number of carboxylic acids is 1. The molecular formula is C13H10FNO2. The van der Waals surface area contributed by atoms with Gasteiger partial charge in [-0.25, -0.2) is 9.18 Å². The maximum atomic E-state index is 13.2. The van der Waals surface area contributed by atoms with Gasteiger partial charge in [-0.2, -0.15) is 0 Å². The highest BCUT2D eigenvalue weighted by Gasteiger charge is 2.11. The molecule has 0 amide bonds. The summed E-state index contributed by atoms with van der Waals surface area (Å²) in [5.74, 6) is -2.01. The van der Waals surface area contributed by atoms with Crippen LogP contribution in [-0.2, 0) is 0 Å². The summed E-state index contributed by atoms with van der Waals surface area (Å²) in [6.45, 7) is 1.89. The largest absolute Gasteiger partial charge is 0.478 e. The van der Waals surface area contributed by atoms with Gasteiger partial charge in [-0.3, -0.25) is 4.98 Å². The molecule has 0 aliphatic rings. The molecule has 17 heavy (non-hydrogen) atoms. The van der Waals surface area contributed by atoms with Crippen molar-refractivity contribution in [2.75, 3.05) is 0 Å². The Morgan fingerprint density at radius 3 is 2.65 bits per heavy atom. The van der Waals surface area contributed by atoms with E-state index in [9.17, 15) is 9.18 Å². The molecule has 0 aliphatic heterocycles. The minimum absolute atomic E-state index is 0.330. The van der Waals surface area contributed by atoms with Crippen LogP contribution >= 0.6 is 0 Å². The maximum absolute atomic E-state index is 13.2. The molecule has 1 heterocycles. The van der Waals surface area contributed by atoms with Crippen LogP contribution in [0, 0.1) is 12.7 Å². The molecule has 1 aromatic carbocycles. The van der Waals surface area contributed by atoms with Crippen LogP contribution in [-0.4, -0.2) is 16.1 Å². The monoisotopic (exact) mass is 231 g/mol. The van der Waals surface area contributed by atoms with E-state index in [1.807, 2.05) is 13.0 Å². The average molecular weight is 231 g/mol. The molecule has 0 saturated heterocycles. The molecule has 0 aliphatic carbocycles. The van der Waals surface area contributed by atoms with Gasteiger partial charge in [0.15, 0.2) is 0 Å². The van der Waals surface area contributed by atoms with Crippen molar-refractivity contribution in [1.82, 2.24) is 4.98 Å². The lowest BCUT2D eigenvalue weighted by Gasteiger charge is -2.04. The zero-order valence-corrected chi connectivity index (χ0v) is 9.14. The van der Waals surface area contributed by atoms with Gasteiger partial charge >= 0.3 is 5.97 Å². The summed E-state index contributed by atoms with van der Waals surface area (Å²) in [7, 11) is 0. The third-order valence-corrected chi connectivity index (χ3v) is 2.41. The molecule has 4 heteroatoms. The maximum Gasteiger partial charge on any atom is 0.338 e. The number of pyridine rings is 1. The highest BCUT2D eigenvalue weighted by molar-refractivity contribution is 5.89. The summed E-state index contributed by atoms with van der Waals surface area (Å²) in [5, 5.41) is 8.84. The Morgan fingerprint density at radius 1 is 1.24 bits per heavy atom. The minimum Gasteiger partial charge on any atom is -0.478 e. The van der Waals surface area contributed by atoms with Gasteiger partial charge in [0.2, 0.25) is 0 Å². The molecule has 0 unspecified atom stereocenters. The Labute approximate surface area is 97.6 Å². The number of nitrogens with zero attached hydrogens (tertiary/aromatic N) is 1. The molecule has 0 atom stereocenters. The van der Waals surface area contributed by atoms with Crippen molar-refractivity contribution in [2.24, 2.45) is 0 Å². The fraction of sp³-hybridized carbons (Fsp3) is 0.0769. The van der Waals surface area contributed by atoms with Crippen LogP contribution < -0.4 is 0 Å². The van der Waals surface area contributed by atoms with Crippen molar-refractivity contribution in [3.63, 3.8) is 0 Å². The van der Waals surface area contributed by atoms with Crippen molar-refractivity contribution in [1.29, 1.82) is 0 Å². The number of carboxylic acid groups (broad SMARTS) is 1. The first-order valence-corrected chi connectivity index (χ1v) is 5.03. The molecule has 0 radical (unpaired) electrons. The number of rotatable bonds is 2. The molecule has 0 spiro atoms. The molecule has 1 aromatic heterocycles. The Kier molecular flexibility index (Phi) is 2.87. The SMILES string of the molecule is Cc1cncc(-c2ccc(F)c(C(=O)O)c2)c1. The fourth-order valence-electron chi connectivity index (χ4n) is 1.58. The second-order valence-electron chi connectivity index (χ2n) is 3.75. The fourth-order valence-corrected chi connectivity index (χ4v) is 1.58. The van der Waals surface area contributed by atoms with Crippen molar-refractivity contribution < 1.29 is 14.3 Å². The van der Waals surface area contributed by atoms with E-state index < -0.39 is 11.8 Å². The van der Waals surface area contributed by atoms with Crippen molar-refractivity contribution in [3.05, 3.63) is 53.6 Å². The summed E-state index contributed by atoms with van der Waals surface area (Å²) in [6, 6.07) is 5.87. The number of benzene rings is 1. The Bertz CT molecular complexity index is 581. The molecule has 2 aromatic rings. The van der Waals surface area contributed by atoms with Crippen LogP contribution in [0.4, 0.5) is 4.39 Å². The second-order valence-corrected chi connectivity index (χ2v) is 3.75. The Balaban J connectivity index is 2.54. The quantitative estimate of drug-likeness (QED) is 0.864. The van der Waals surface area contributed by atoms with Gasteiger partial charge in [0.1, 0.15) is 5.82 Å². The summed E-state index contributed by atoms with van der Waals surface area (Å²) >= 11 is 0. The van der Waals surface area contributed by atoms with Gasteiger partial charge in [-0.15, -0.1) is 0 Å². The first-order valence-electron chi connectivity index (χ1n) is 5.03. The van der Waals surface area contributed by atoms with E-state index in [-0.39, 0.29) is 5.56 Å². The van der Waals surface area contributed by atoms with Gasteiger partial charge in [-0.05, 0) is 36.2 Å².